The number of benzene rings is 1. The van der Waals surface area contributed by atoms with Crippen LogP contribution in [0.1, 0.15) is 30.7 Å². The van der Waals surface area contributed by atoms with Crippen LogP contribution in [0.2, 0.25) is 0 Å². The second kappa shape index (κ2) is 9.00. The highest BCUT2D eigenvalue weighted by atomic mass is 32.2. The van der Waals surface area contributed by atoms with Gasteiger partial charge in [-0.15, -0.1) is 0 Å². The summed E-state index contributed by atoms with van der Waals surface area (Å²) < 4.78 is 79.1. The molecular formula is C24H20F4N4O3S. The molecule has 3 fully saturated rings. The highest BCUT2D eigenvalue weighted by Crippen LogP contribution is 2.49. The van der Waals surface area contributed by atoms with Crippen molar-refractivity contribution in [3.8, 4) is 11.3 Å². The van der Waals surface area contributed by atoms with Crippen molar-refractivity contribution >= 4 is 15.8 Å². The van der Waals surface area contributed by atoms with E-state index in [0.717, 1.165) is 24.5 Å². The van der Waals surface area contributed by atoms with Gasteiger partial charge in [0.15, 0.2) is 5.78 Å². The molecule has 36 heavy (non-hydrogen) atoms. The highest BCUT2D eigenvalue weighted by Gasteiger charge is 2.58. The molecular weight excluding hydrogens is 500 g/mol. The number of nitrogens with zero attached hydrogens (tertiary/aromatic N) is 4. The van der Waals surface area contributed by atoms with Crippen LogP contribution in [0.5, 0.6) is 0 Å². The SMILES string of the molecule is O=C(CCc1ccnc(-c2cnc(C(F)(F)F)nc2)c1)[C@@H]1C2CC(C2)N1S(=O)(=O)c1ccc(F)cc1. The second-order valence-corrected chi connectivity index (χ2v) is 10.8. The molecule has 2 saturated heterocycles. The van der Waals surface area contributed by atoms with Gasteiger partial charge in [-0.05, 0) is 67.1 Å². The lowest BCUT2D eigenvalue weighted by atomic mass is 9.81. The van der Waals surface area contributed by atoms with Crippen LogP contribution in [0.3, 0.4) is 0 Å². The summed E-state index contributed by atoms with van der Waals surface area (Å²) in [7, 11) is -3.96. The number of hydrogen-bond acceptors (Lipinski definition) is 6. The standard InChI is InChI=1S/C24H20F4N4O3S/c25-17-2-4-19(5-3-17)36(34,35)32-18-10-15(11-18)22(32)21(33)6-1-14-7-8-29-20(9-14)16-12-30-23(31-13-16)24(26,27)28/h2-5,7-9,12-13,15,18,22H,1,6,10-11H2/t15?,18?,22-/m0/s1. The Bertz CT molecular complexity index is 1390. The first-order chi connectivity index (χ1) is 17.0. The molecule has 2 bridgehead atoms. The minimum atomic E-state index is -4.65. The number of rotatable bonds is 7. The van der Waals surface area contributed by atoms with Gasteiger partial charge in [0.25, 0.3) is 0 Å². The Morgan fingerprint density at radius 1 is 1.03 bits per heavy atom. The molecule has 3 aliphatic rings. The van der Waals surface area contributed by atoms with Crippen molar-refractivity contribution in [3.05, 3.63) is 72.2 Å². The maximum atomic E-state index is 13.3. The molecule has 2 aromatic heterocycles. The van der Waals surface area contributed by atoms with Gasteiger partial charge in [-0.1, -0.05) is 0 Å². The van der Waals surface area contributed by atoms with Gasteiger partial charge >= 0.3 is 6.18 Å². The number of alkyl halides is 3. The van der Waals surface area contributed by atoms with Crippen LogP contribution in [0.4, 0.5) is 17.6 Å². The van der Waals surface area contributed by atoms with E-state index in [1.54, 1.807) is 12.1 Å². The summed E-state index contributed by atoms with van der Waals surface area (Å²) in [5.74, 6) is -2.05. The minimum absolute atomic E-state index is 0.0463. The molecule has 1 aliphatic carbocycles. The van der Waals surface area contributed by atoms with E-state index < -0.39 is 33.9 Å². The molecule has 6 rings (SSSR count). The van der Waals surface area contributed by atoms with E-state index in [0.29, 0.717) is 36.1 Å². The van der Waals surface area contributed by atoms with Crippen molar-refractivity contribution in [1.29, 1.82) is 0 Å². The largest absolute Gasteiger partial charge is 0.451 e. The number of halogens is 4. The first-order valence-electron chi connectivity index (χ1n) is 11.2. The average molecular weight is 521 g/mol. The predicted molar refractivity (Wildman–Crippen MR) is 119 cm³/mol. The molecule has 0 N–H and O–H groups in total. The number of Topliss-reactive ketones (excluding diaryl/α,β-unsaturated/α-hetero) is 1. The van der Waals surface area contributed by atoms with Crippen LogP contribution in [0.25, 0.3) is 11.3 Å². The van der Waals surface area contributed by atoms with Crippen molar-refractivity contribution in [1.82, 2.24) is 19.3 Å². The highest BCUT2D eigenvalue weighted by molar-refractivity contribution is 7.89. The maximum absolute atomic E-state index is 13.3. The lowest BCUT2D eigenvalue weighted by Gasteiger charge is -2.25. The van der Waals surface area contributed by atoms with Crippen LogP contribution >= 0.6 is 0 Å². The fourth-order valence-corrected chi connectivity index (χ4v) is 6.70. The van der Waals surface area contributed by atoms with Crippen LogP contribution in [0, 0.1) is 11.7 Å². The van der Waals surface area contributed by atoms with E-state index in [4.69, 9.17) is 0 Å². The molecule has 0 amide bonds. The number of carbonyl (C=O) groups is 1. The fourth-order valence-electron chi connectivity index (χ4n) is 4.82. The topological polar surface area (TPSA) is 93.1 Å². The number of carbonyl (C=O) groups excluding carboxylic acids is 1. The molecule has 3 aromatic rings. The molecule has 0 spiro atoms. The third-order valence-corrected chi connectivity index (χ3v) is 8.58. The molecule has 4 heterocycles. The van der Waals surface area contributed by atoms with Crippen LogP contribution in [0.15, 0.2) is 59.9 Å². The summed E-state index contributed by atoms with van der Waals surface area (Å²) in [5.41, 5.74) is 1.37. The van der Waals surface area contributed by atoms with Crippen molar-refractivity contribution < 1.29 is 30.8 Å². The van der Waals surface area contributed by atoms with Crippen molar-refractivity contribution in [2.75, 3.05) is 0 Å². The zero-order valence-corrected chi connectivity index (χ0v) is 19.5. The van der Waals surface area contributed by atoms with Crippen molar-refractivity contribution in [2.24, 2.45) is 5.92 Å². The Labute approximate surface area is 204 Å². The summed E-state index contributed by atoms with van der Waals surface area (Å²) in [5, 5.41) is 0. The summed E-state index contributed by atoms with van der Waals surface area (Å²) in [6.07, 6.45) is 0.518. The van der Waals surface area contributed by atoms with Crippen molar-refractivity contribution in [2.45, 2.75) is 48.8 Å². The second-order valence-electron chi connectivity index (χ2n) is 8.93. The number of ketones is 1. The molecule has 2 aliphatic heterocycles. The smallest absolute Gasteiger partial charge is 0.298 e. The fraction of sp³-hybridized carbons (Fsp3) is 0.333. The molecule has 188 valence electrons. The summed E-state index contributed by atoms with van der Waals surface area (Å²) in [6, 6.07) is 6.86. The van der Waals surface area contributed by atoms with E-state index in [1.165, 1.54) is 22.6 Å². The third kappa shape index (κ3) is 4.50. The quantitative estimate of drug-likeness (QED) is 0.437. The van der Waals surface area contributed by atoms with Gasteiger partial charge in [0.2, 0.25) is 15.8 Å². The summed E-state index contributed by atoms with van der Waals surface area (Å²) >= 11 is 0. The first kappa shape index (κ1) is 24.4. The minimum Gasteiger partial charge on any atom is -0.298 e. The van der Waals surface area contributed by atoms with Crippen LogP contribution < -0.4 is 0 Å². The first-order valence-corrected chi connectivity index (χ1v) is 12.6. The van der Waals surface area contributed by atoms with Gasteiger partial charge < -0.3 is 0 Å². The van der Waals surface area contributed by atoms with Gasteiger partial charge in [-0.2, -0.15) is 17.5 Å². The van der Waals surface area contributed by atoms with Gasteiger partial charge in [-0.3, -0.25) is 9.78 Å². The molecule has 0 radical (unpaired) electrons. The molecule has 12 heteroatoms. The molecule has 0 unspecified atom stereocenters. The lowest BCUT2D eigenvalue weighted by molar-refractivity contribution is -0.145. The predicted octanol–water partition coefficient (Wildman–Crippen LogP) is 4.05. The number of aromatic nitrogens is 3. The monoisotopic (exact) mass is 520 g/mol. The van der Waals surface area contributed by atoms with Gasteiger partial charge in [0.1, 0.15) is 5.82 Å². The molecule has 1 saturated carbocycles. The van der Waals surface area contributed by atoms with Gasteiger partial charge in [0, 0.05) is 36.6 Å². The van der Waals surface area contributed by atoms with E-state index in [1.807, 2.05) is 0 Å². The zero-order chi connectivity index (χ0) is 25.7. The number of pyridine rings is 1. The molecule has 1 aromatic carbocycles. The number of fused-ring (bicyclic) bond motifs is 1. The normalized spacial score (nSPS) is 21.8. The van der Waals surface area contributed by atoms with Gasteiger partial charge in [0.05, 0.1) is 16.6 Å². The molecule has 7 nitrogen and oxygen atoms in total. The third-order valence-electron chi connectivity index (χ3n) is 6.63. The van der Waals surface area contributed by atoms with E-state index in [2.05, 4.69) is 15.0 Å². The number of hydrogen-bond donors (Lipinski definition) is 0. The number of aryl methyl sites for hydroxylation is 1. The van der Waals surface area contributed by atoms with Crippen LogP contribution in [-0.4, -0.2) is 45.5 Å². The Morgan fingerprint density at radius 2 is 1.69 bits per heavy atom. The Hall–Kier alpha value is -3.25. The average Bonchev–Trinajstić information content (AvgIpc) is 3.40. The Morgan fingerprint density at radius 3 is 2.33 bits per heavy atom. The van der Waals surface area contributed by atoms with Gasteiger partial charge in [-0.25, -0.2) is 22.8 Å². The Balaban J connectivity index is 1.29. The summed E-state index contributed by atoms with van der Waals surface area (Å²) in [6.45, 7) is 0. The van der Waals surface area contributed by atoms with E-state index >= 15 is 0 Å². The summed E-state index contributed by atoms with van der Waals surface area (Å²) in [4.78, 5) is 24.0. The molecule has 1 atom stereocenters. The Kier molecular flexibility index (Phi) is 6.11. The zero-order valence-electron chi connectivity index (χ0n) is 18.7. The maximum Gasteiger partial charge on any atom is 0.451 e. The van der Waals surface area contributed by atoms with Crippen molar-refractivity contribution in [3.63, 3.8) is 0 Å². The number of sulfonamides is 1. The lowest BCUT2D eigenvalue weighted by Crippen LogP contribution is -2.41. The van der Waals surface area contributed by atoms with E-state index in [9.17, 15) is 30.8 Å². The van der Waals surface area contributed by atoms with E-state index in [-0.39, 0.29) is 29.1 Å². The van der Waals surface area contributed by atoms with Crippen LogP contribution in [-0.2, 0) is 27.4 Å².